The molecule has 2 amide bonds. The van der Waals surface area contributed by atoms with Crippen LogP contribution in [-0.2, 0) is 14.4 Å². The number of hydrogen-bond acceptors (Lipinski definition) is 6. The number of nitrogens with one attached hydrogen (secondary N) is 2. The van der Waals surface area contributed by atoms with Crippen LogP contribution in [0, 0.1) is 0 Å². The second-order valence-corrected chi connectivity index (χ2v) is 5.53. The quantitative estimate of drug-likeness (QED) is 0.110. The van der Waals surface area contributed by atoms with Gasteiger partial charge in [0.15, 0.2) is 5.96 Å². The average molecular weight is 360 g/mol. The third kappa shape index (κ3) is 10.1. The second-order valence-electron chi connectivity index (χ2n) is 5.53. The zero-order chi connectivity index (χ0) is 19.4. The predicted octanol–water partition coefficient (Wildman–Crippen LogP) is -2.79. The maximum Gasteiger partial charge on any atom is 0.326 e. The summed E-state index contributed by atoms with van der Waals surface area (Å²) in [5.41, 5.74) is 15.6. The van der Waals surface area contributed by atoms with E-state index >= 15 is 0 Å². The van der Waals surface area contributed by atoms with Gasteiger partial charge in [-0.25, -0.2) is 4.79 Å². The van der Waals surface area contributed by atoms with Crippen molar-refractivity contribution in [3.63, 3.8) is 0 Å². The van der Waals surface area contributed by atoms with Crippen molar-refractivity contribution in [3.8, 4) is 0 Å². The van der Waals surface area contributed by atoms with Gasteiger partial charge < -0.3 is 38.0 Å². The molecule has 0 bridgehead atoms. The van der Waals surface area contributed by atoms with Gasteiger partial charge in [0, 0.05) is 13.0 Å². The van der Waals surface area contributed by atoms with E-state index in [9.17, 15) is 24.6 Å². The maximum absolute atomic E-state index is 12.2. The van der Waals surface area contributed by atoms with Crippen LogP contribution < -0.4 is 27.8 Å². The lowest BCUT2D eigenvalue weighted by atomic mass is 10.1. The number of aliphatic hydroxyl groups excluding tert-OH is 1. The topological polar surface area (TPSA) is 206 Å². The van der Waals surface area contributed by atoms with Gasteiger partial charge in [-0.15, -0.1) is 0 Å². The van der Waals surface area contributed by atoms with Crippen LogP contribution >= 0.6 is 0 Å². The fraction of sp³-hybridized carbons (Fsp3) is 0.714. The molecule has 0 saturated carbocycles. The van der Waals surface area contributed by atoms with E-state index < -0.39 is 36.0 Å². The molecule has 10 N–H and O–H groups in total. The van der Waals surface area contributed by atoms with Crippen LogP contribution in [0.2, 0.25) is 0 Å². The van der Waals surface area contributed by atoms with Crippen LogP contribution in [0.3, 0.4) is 0 Å². The summed E-state index contributed by atoms with van der Waals surface area (Å²) >= 11 is 0. The summed E-state index contributed by atoms with van der Waals surface area (Å²) in [5.74, 6) is -2.58. The Morgan fingerprint density at radius 3 is 2.28 bits per heavy atom. The second kappa shape index (κ2) is 12.0. The highest BCUT2D eigenvalue weighted by Gasteiger charge is 2.29. The molecular weight excluding hydrogens is 332 g/mol. The van der Waals surface area contributed by atoms with E-state index in [1.54, 1.807) is 0 Å². The first-order valence-corrected chi connectivity index (χ1v) is 7.95. The first-order valence-electron chi connectivity index (χ1n) is 7.95. The predicted molar refractivity (Wildman–Crippen MR) is 91.4 cm³/mol. The number of amides is 2. The third-order valence-corrected chi connectivity index (χ3v) is 3.25. The Morgan fingerprint density at radius 2 is 1.80 bits per heavy atom. The first kappa shape index (κ1) is 22.6. The monoisotopic (exact) mass is 360 g/mol. The molecule has 0 unspecified atom stereocenters. The van der Waals surface area contributed by atoms with E-state index in [1.165, 1.54) is 6.92 Å². The molecule has 11 heteroatoms. The van der Waals surface area contributed by atoms with E-state index in [0.717, 1.165) is 0 Å². The van der Waals surface area contributed by atoms with Crippen molar-refractivity contribution in [2.45, 2.75) is 50.8 Å². The molecule has 0 aliphatic rings. The minimum atomic E-state index is -1.26. The molecule has 3 atom stereocenters. The van der Waals surface area contributed by atoms with E-state index in [0.29, 0.717) is 19.4 Å². The molecule has 0 saturated heterocycles. The number of aliphatic carboxylic acids is 1. The molecule has 0 radical (unpaired) electrons. The van der Waals surface area contributed by atoms with Gasteiger partial charge in [0.25, 0.3) is 0 Å². The van der Waals surface area contributed by atoms with Crippen molar-refractivity contribution in [2.75, 3.05) is 13.1 Å². The molecule has 0 rings (SSSR count). The SMILES string of the molecule is C[C@@H](O)[C@H](NC(=O)CCCN)C(=O)N[C@@H](CCCN=C(N)N)C(=O)O. The number of nitrogens with zero attached hydrogens (tertiary/aromatic N) is 1. The minimum Gasteiger partial charge on any atom is -0.480 e. The lowest BCUT2D eigenvalue weighted by Gasteiger charge is -2.23. The van der Waals surface area contributed by atoms with Crippen LogP contribution in [-0.4, -0.2) is 65.2 Å². The summed E-state index contributed by atoms with van der Waals surface area (Å²) < 4.78 is 0. The lowest BCUT2D eigenvalue weighted by molar-refractivity contribution is -0.143. The number of nitrogens with two attached hydrogens (primary N) is 3. The zero-order valence-corrected chi connectivity index (χ0v) is 14.3. The van der Waals surface area contributed by atoms with Gasteiger partial charge in [0.1, 0.15) is 12.1 Å². The molecular formula is C14H28N6O5. The van der Waals surface area contributed by atoms with Gasteiger partial charge in [-0.2, -0.15) is 0 Å². The molecule has 0 spiro atoms. The Morgan fingerprint density at radius 1 is 1.16 bits per heavy atom. The van der Waals surface area contributed by atoms with Gasteiger partial charge in [-0.3, -0.25) is 14.6 Å². The molecule has 25 heavy (non-hydrogen) atoms. The number of hydrogen-bond donors (Lipinski definition) is 7. The standard InChI is InChI=1S/C14H28N6O5/c1-8(21)11(20-10(22)5-2-6-15)12(23)19-9(13(24)25)4-3-7-18-14(16)17/h8-9,11,21H,2-7,15H2,1H3,(H,19,23)(H,20,22)(H,24,25)(H4,16,17,18)/t8-,9+,11+/m1/s1. The Hall–Kier alpha value is -2.40. The number of carboxylic acid groups (broad SMARTS) is 1. The van der Waals surface area contributed by atoms with Crippen molar-refractivity contribution in [1.82, 2.24) is 10.6 Å². The van der Waals surface area contributed by atoms with Crippen LogP contribution in [0.5, 0.6) is 0 Å². The van der Waals surface area contributed by atoms with Crippen LogP contribution in [0.1, 0.15) is 32.6 Å². The Labute approximate surface area is 146 Å². The summed E-state index contributed by atoms with van der Waals surface area (Å²) in [7, 11) is 0. The van der Waals surface area contributed by atoms with Gasteiger partial charge in [0.05, 0.1) is 6.10 Å². The summed E-state index contributed by atoms with van der Waals surface area (Å²) in [5, 5.41) is 23.5. The molecule has 11 nitrogen and oxygen atoms in total. The molecule has 0 aliphatic heterocycles. The highest BCUT2D eigenvalue weighted by Crippen LogP contribution is 2.02. The molecule has 0 fully saturated rings. The molecule has 0 aromatic carbocycles. The fourth-order valence-corrected chi connectivity index (χ4v) is 1.94. The zero-order valence-electron chi connectivity index (χ0n) is 14.3. The minimum absolute atomic E-state index is 0.0888. The Bertz CT molecular complexity index is 478. The van der Waals surface area contributed by atoms with Crippen LogP contribution in [0.15, 0.2) is 4.99 Å². The van der Waals surface area contributed by atoms with E-state index in [2.05, 4.69) is 15.6 Å². The van der Waals surface area contributed by atoms with Crippen molar-refractivity contribution in [3.05, 3.63) is 0 Å². The maximum atomic E-state index is 12.2. The summed E-state index contributed by atoms with van der Waals surface area (Å²) in [4.78, 5) is 38.9. The van der Waals surface area contributed by atoms with E-state index in [4.69, 9.17) is 17.2 Å². The van der Waals surface area contributed by atoms with Crippen molar-refractivity contribution in [1.29, 1.82) is 0 Å². The number of guanidine groups is 1. The Kier molecular flexibility index (Phi) is 10.9. The van der Waals surface area contributed by atoms with E-state index in [1.807, 2.05) is 0 Å². The molecule has 144 valence electrons. The van der Waals surface area contributed by atoms with Crippen LogP contribution in [0.25, 0.3) is 0 Å². The normalized spacial score (nSPS) is 14.0. The fourth-order valence-electron chi connectivity index (χ4n) is 1.94. The van der Waals surface area contributed by atoms with Gasteiger partial charge in [-0.05, 0) is 32.7 Å². The molecule has 0 heterocycles. The number of carbonyl (C=O) groups is 3. The number of aliphatic hydroxyl groups is 1. The largest absolute Gasteiger partial charge is 0.480 e. The van der Waals surface area contributed by atoms with Crippen molar-refractivity contribution >= 4 is 23.7 Å². The summed E-state index contributed by atoms with van der Waals surface area (Å²) in [6.07, 6.45) is -0.239. The lowest BCUT2D eigenvalue weighted by Crippen LogP contribution is -2.55. The van der Waals surface area contributed by atoms with Gasteiger partial charge in [-0.1, -0.05) is 0 Å². The highest BCUT2D eigenvalue weighted by molar-refractivity contribution is 5.90. The summed E-state index contributed by atoms with van der Waals surface area (Å²) in [6, 6.07) is -2.45. The molecule has 0 aliphatic carbocycles. The number of carboxylic acids is 1. The van der Waals surface area contributed by atoms with Crippen molar-refractivity contribution in [2.24, 2.45) is 22.2 Å². The number of rotatable bonds is 12. The smallest absolute Gasteiger partial charge is 0.326 e. The van der Waals surface area contributed by atoms with Crippen LogP contribution in [0.4, 0.5) is 0 Å². The number of aliphatic imine (C=N–C) groups is 1. The van der Waals surface area contributed by atoms with Gasteiger partial charge >= 0.3 is 5.97 Å². The van der Waals surface area contributed by atoms with E-state index in [-0.39, 0.29) is 25.3 Å². The molecule has 0 aromatic rings. The average Bonchev–Trinajstić information content (AvgIpc) is 2.52. The highest BCUT2D eigenvalue weighted by atomic mass is 16.4. The third-order valence-electron chi connectivity index (χ3n) is 3.25. The van der Waals surface area contributed by atoms with Gasteiger partial charge in [0.2, 0.25) is 11.8 Å². The van der Waals surface area contributed by atoms with Crippen molar-refractivity contribution < 1.29 is 24.6 Å². The number of carbonyl (C=O) groups excluding carboxylic acids is 2. The first-order chi connectivity index (χ1) is 11.7. The molecule has 0 aromatic heterocycles. The Balaban J connectivity index is 4.72. The summed E-state index contributed by atoms with van der Waals surface area (Å²) in [6.45, 7) is 1.86.